The van der Waals surface area contributed by atoms with Gasteiger partial charge in [0.2, 0.25) is 4.80 Å². The normalized spacial score (nSPS) is 15.7. The summed E-state index contributed by atoms with van der Waals surface area (Å²) < 4.78 is 7.59. The molecule has 5 nitrogen and oxygen atoms in total. The van der Waals surface area contributed by atoms with E-state index >= 15 is 0 Å². The molecule has 2 heterocycles. The SMILES string of the molecule is COc1ccc(/C=c2/sc3n(c2=O)[C@H](c2ccccc2)C(c2ccccc2)=NN=3)cc1. The summed E-state index contributed by atoms with van der Waals surface area (Å²) in [5, 5.41) is 8.95. The van der Waals surface area contributed by atoms with Gasteiger partial charge in [-0.05, 0) is 29.3 Å². The first-order chi connectivity index (χ1) is 15.2. The summed E-state index contributed by atoms with van der Waals surface area (Å²) >= 11 is 1.35. The molecule has 1 atom stereocenters. The summed E-state index contributed by atoms with van der Waals surface area (Å²) in [7, 11) is 1.63. The molecule has 0 spiro atoms. The maximum Gasteiger partial charge on any atom is 0.271 e. The third-order valence-corrected chi connectivity index (χ3v) is 6.17. The van der Waals surface area contributed by atoms with Crippen LogP contribution in [0.3, 0.4) is 0 Å². The average Bonchev–Trinajstić information content (AvgIpc) is 3.15. The van der Waals surface area contributed by atoms with Gasteiger partial charge in [0.1, 0.15) is 11.8 Å². The van der Waals surface area contributed by atoms with E-state index in [1.54, 1.807) is 11.7 Å². The summed E-state index contributed by atoms with van der Waals surface area (Å²) in [6.45, 7) is 0. The van der Waals surface area contributed by atoms with Crippen LogP contribution >= 0.6 is 11.3 Å². The van der Waals surface area contributed by atoms with Gasteiger partial charge in [0.15, 0.2) is 0 Å². The van der Waals surface area contributed by atoms with Gasteiger partial charge in [-0.15, -0.1) is 10.2 Å². The van der Waals surface area contributed by atoms with Crippen LogP contribution < -0.4 is 19.6 Å². The third-order valence-electron chi connectivity index (χ3n) is 5.20. The minimum absolute atomic E-state index is 0.0725. The number of aromatic nitrogens is 1. The molecule has 0 fully saturated rings. The number of methoxy groups -OCH3 is 1. The van der Waals surface area contributed by atoms with Crippen LogP contribution in [0, 0.1) is 0 Å². The van der Waals surface area contributed by atoms with Crippen molar-refractivity contribution in [3.8, 4) is 5.75 Å². The van der Waals surface area contributed by atoms with Crippen molar-refractivity contribution in [2.24, 2.45) is 10.2 Å². The molecule has 1 aliphatic rings. The quantitative estimate of drug-likeness (QED) is 0.503. The van der Waals surface area contributed by atoms with Gasteiger partial charge in [0, 0.05) is 5.56 Å². The Bertz CT molecular complexity index is 1420. The standard InChI is InChI=1S/C25H19N3O2S/c1-30-20-14-12-17(13-15-20)16-21-24(29)28-23(19-10-6-3-7-11-19)22(26-27-25(28)31-21)18-8-4-2-5-9-18/h2-16,23H,1H3/b21-16+/t23-/m1/s1. The predicted octanol–water partition coefficient (Wildman–Crippen LogP) is 3.37. The second-order valence-electron chi connectivity index (χ2n) is 7.11. The molecule has 1 aliphatic heterocycles. The summed E-state index contributed by atoms with van der Waals surface area (Å²) in [5.41, 5.74) is 3.56. The molecule has 152 valence electrons. The molecule has 0 aliphatic carbocycles. The first-order valence-electron chi connectivity index (χ1n) is 9.87. The molecule has 1 aromatic heterocycles. The van der Waals surface area contributed by atoms with E-state index in [2.05, 4.69) is 10.2 Å². The van der Waals surface area contributed by atoms with Crippen LogP contribution in [0.25, 0.3) is 6.08 Å². The van der Waals surface area contributed by atoms with Crippen molar-refractivity contribution >= 4 is 23.1 Å². The van der Waals surface area contributed by atoms with Crippen molar-refractivity contribution in [3.63, 3.8) is 0 Å². The molecule has 0 N–H and O–H groups in total. The zero-order valence-corrected chi connectivity index (χ0v) is 17.6. The predicted molar refractivity (Wildman–Crippen MR) is 123 cm³/mol. The lowest BCUT2D eigenvalue weighted by molar-refractivity contribution is 0.415. The Kier molecular flexibility index (Phi) is 5.06. The minimum atomic E-state index is -0.335. The fraction of sp³-hybridized carbons (Fsp3) is 0.0800. The van der Waals surface area contributed by atoms with Gasteiger partial charge in [-0.25, -0.2) is 0 Å². The summed E-state index contributed by atoms with van der Waals surface area (Å²) in [6.07, 6.45) is 1.89. The smallest absolute Gasteiger partial charge is 0.271 e. The van der Waals surface area contributed by atoms with E-state index in [4.69, 9.17) is 4.74 Å². The summed E-state index contributed by atoms with van der Waals surface area (Å²) in [5.74, 6) is 0.777. The molecular weight excluding hydrogens is 406 g/mol. The number of hydrogen-bond acceptors (Lipinski definition) is 5. The molecular formula is C25H19N3O2S. The van der Waals surface area contributed by atoms with E-state index in [9.17, 15) is 4.79 Å². The Balaban J connectivity index is 1.68. The number of rotatable bonds is 4. The number of ether oxygens (including phenoxy) is 1. The van der Waals surface area contributed by atoms with E-state index in [1.807, 2.05) is 91.0 Å². The highest BCUT2D eigenvalue weighted by molar-refractivity contribution is 7.07. The topological polar surface area (TPSA) is 56.0 Å². The van der Waals surface area contributed by atoms with Crippen LogP contribution in [0.2, 0.25) is 0 Å². The first-order valence-corrected chi connectivity index (χ1v) is 10.7. The molecule has 0 unspecified atom stereocenters. The maximum absolute atomic E-state index is 13.5. The molecule has 5 rings (SSSR count). The van der Waals surface area contributed by atoms with Gasteiger partial charge in [-0.1, -0.05) is 84.1 Å². The van der Waals surface area contributed by atoms with Gasteiger partial charge in [-0.3, -0.25) is 9.36 Å². The third kappa shape index (κ3) is 3.62. The molecule has 4 aromatic rings. The number of hydrogen-bond donors (Lipinski definition) is 0. The van der Waals surface area contributed by atoms with E-state index in [1.165, 1.54) is 11.3 Å². The Morgan fingerprint density at radius 2 is 1.58 bits per heavy atom. The van der Waals surface area contributed by atoms with Gasteiger partial charge >= 0.3 is 0 Å². The molecule has 6 heteroatoms. The highest BCUT2D eigenvalue weighted by Gasteiger charge is 2.28. The van der Waals surface area contributed by atoms with Crippen molar-refractivity contribution in [2.75, 3.05) is 7.11 Å². The van der Waals surface area contributed by atoms with E-state index in [0.717, 1.165) is 28.2 Å². The average molecular weight is 426 g/mol. The monoisotopic (exact) mass is 425 g/mol. The lowest BCUT2D eigenvalue weighted by Gasteiger charge is -2.22. The van der Waals surface area contributed by atoms with Gasteiger partial charge in [0.25, 0.3) is 5.56 Å². The molecule has 31 heavy (non-hydrogen) atoms. The molecule has 0 saturated heterocycles. The van der Waals surface area contributed by atoms with Crippen LogP contribution in [0.15, 0.2) is 99.9 Å². The van der Waals surface area contributed by atoms with Crippen LogP contribution in [-0.4, -0.2) is 17.4 Å². The fourth-order valence-electron chi connectivity index (χ4n) is 3.68. The highest BCUT2D eigenvalue weighted by Crippen LogP contribution is 2.24. The zero-order chi connectivity index (χ0) is 21.2. The molecule has 0 saturated carbocycles. The minimum Gasteiger partial charge on any atom is -0.497 e. The van der Waals surface area contributed by atoms with Crippen LogP contribution in [0.5, 0.6) is 5.75 Å². The van der Waals surface area contributed by atoms with Crippen molar-refractivity contribution in [3.05, 3.63) is 121 Å². The Hall–Kier alpha value is -3.77. The van der Waals surface area contributed by atoms with Crippen LogP contribution in [0.1, 0.15) is 22.7 Å². The fourth-order valence-corrected chi connectivity index (χ4v) is 4.62. The van der Waals surface area contributed by atoms with Crippen molar-refractivity contribution < 1.29 is 4.74 Å². The largest absolute Gasteiger partial charge is 0.497 e. The Labute approximate surface area is 182 Å². The van der Waals surface area contributed by atoms with Gasteiger partial charge < -0.3 is 4.74 Å². The van der Waals surface area contributed by atoms with Crippen molar-refractivity contribution in [2.45, 2.75) is 6.04 Å². The van der Waals surface area contributed by atoms with E-state index in [0.29, 0.717) is 9.33 Å². The second-order valence-corrected chi connectivity index (χ2v) is 8.12. The molecule has 3 aromatic carbocycles. The van der Waals surface area contributed by atoms with Crippen LogP contribution in [-0.2, 0) is 0 Å². The maximum atomic E-state index is 13.5. The number of benzene rings is 3. The molecule has 0 bridgehead atoms. The summed E-state index contributed by atoms with van der Waals surface area (Å²) in [6, 6.07) is 27.1. The second kappa shape index (κ2) is 8.16. The zero-order valence-electron chi connectivity index (χ0n) is 16.8. The van der Waals surface area contributed by atoms with Crippen molar-refractivity contribution in [1.82, 2.24) is 4.57 Å². The highest BCUT2D eigenvalue weighted by atomic mass is 32.1. The Morgan fingerprint density at radius 1 is 0.903 bits per heavy atom. The molecule has 0 amide bonds. The van der Waals surface area contributed by atoms with E-state index < -0.39 is 0 Å². The number of nitrogens with zero attached hydrogens (tertiary/aromatic N) is 3. The lowest BCUT2D eigenvalue weighted by Crippen LogP contribution is -2.40. The number of thiazole rings is 1. The Morgan fingerprint density at radius 3 is 2.26 bits per heavy atom. The summed E-state index contributed by atoms with van der Waals surface area (Å²) in [4.78, 5) is 14.1. The van der Waals surface area contributed by atoms with E-state index in [-0.39, 0.29) is 11.6 Å². The first kappa shape index (κ1) is 19.2. The van der Waals surface area contributed by atoms with Gasteiger partial charge in [0.05, 0.1) is 17.4 Å². The van der Waals surface area contributed by atoms with Gasteiger partial charge in [-0.2, -0.15) is 0 Å². The lowest BCUT2D eigenvalue weighted by atomic mass is 9.96. The van der Waals surface area contributed by atoms with Crippen LogP contribution in [0.4, 0.5) is 0 Å². The van der Waals surface area contributed by atoms with Crippen molar-refractivity contribution in [1.29, 1.82) is 0 Å². The number of fused-ring (bicyclic) bond motifs is 1. The molecule has 0 radical (unpaired) electrons.